The van der Waals surface area contributed by atoms with Crippen molar-refractivity contribution in [3.8, 4) is 5.75 Å². The molecule has 152 valence electrons. The Labute approximate surface area is 167 Å². The van der Waals surface area contributed by atoms with Gasteiger partial charge in [0, 0.05) is 14.1 Å². The summed E-state index contributed by atoms with van der Waals surface area (Å²) in [6, 6.07) is 15.9. The summed E-state index contributed by atoms with van der Waals surface area (Å²) in [6.45, 7) is 3.72. The zero-order valence-corrected chi connectivity index (χ0v) is 17.4. The average molecular weight is 406 g/mol. The summed E-state index contributed by atoms with van der Waals surface area (Å²) < 4.78 is 33.2. The molecule has 1 N–H and O–H groups in total. The second-order valence-electron chi connectivity index (χ2n) is 6.68. The van der Waals surface area contributed by atoms with Gasteiger partial charge in [0.15, 0.2) is 0 Å². The molecule has 0 saturated carbocycles. The number of amides is 1. The fraction of sp³-hybridized carbons (Fsp3) is 0.350. The maximum absolute atomic E-state index is 12.6. The summed E-state index contributed by atoms with van der Waals surface area (Å²) in [6.07, 6.45) is 0. The van der Waals surface area contributed by atoms with E-state index in [0.29, 0.717) is 5.69 Å². The van der Waals surface area contributed by atoms with Crippen molar-refractivity contribution in [2.24, 2.45) is 0 Å². The Morgan fingerprint density at radius 1 is 1.07 bits per heavy atom. The molecule has 2 aromatic carbocycles. The quantitative estimate of drug-likeness (QED) is 0.694. The number of aryl methyl sites for hydroxylation is 1. The molecular formula is C20H27N3O4S. The largest absolute Gasteiger partial charge is 0.491 e. The van der Waals surface area contributed by atoms with Crippen molar-refractivity contribution >= 4 is 21.8 Å². The molecule has 0 unspecified atom stereocenters. The second kappa shape index (κ2) is 9.57. The second-order valence-corrected chi connectivity index (χ2v) is 8.74. The molecule has 0 aromatic heterocycles. The van der Waals surface area contributed by atoms with Gasteiger partial charge in [-0.15, -0.1) is 0 Å². The Hall–Kier alpha value is -2.58. The first-order valence-electron chi connectivity index (χ1n) is 8.95. The minimum absolute atomic E-state index is 0.280. The Bertz CT molecular complexity index is 885. The lowest BCUT2D eigenvalue weighted by Crippen LogP contribution is -2.48. The lowest BCUT2D eigenvalue weighted by Gasteiger charge is -2.27. The van der Waals surface area contributed by atoms with Crippen molar-refractivity contribution in [2.45, 2.75) is 19.9 Å². The molecule has 0 fully saturated rings. The predicted molar refractivity (Wildman–Crippen MR) is 111 cm³/mol. The van der Waals surface area contributed by atoms with E-state index in [0.717, 1.165) is 19.9 Å². The summed E-state index contributed by atoms with van der Waals surface area (Å²) in [5.74, 6) is 0.347. The molecule has 7 nitrogen and oxygen atoms in total. The van der Waals surface area contributed by atoms with Gasteiger partial charge in [0.25, 0.3) is 0 Å². The van der Waals surface area contributed by atoms with Gasteiger partial charge in [0.2, 0.25) is 5.91 Å². The van der Waals surface area contributed by atoms with Crippen LogP contribution in [0.4, 0.5) is 5.69 Å². The number of benzene rings is 2. The number of nitrogens with zero attached hydrogens (tertiary/aromatic N) is 2. The van der Waals surface area contributed by atoms with Gasteiger partial charge in [-0.1, -0.05) is 36.4 Å². The Morgan fingerprint density at radius 3 is 2.29 bits per heavy atom. The molecule has 0 saturated heterocycles. The molecule has 2 aromatic rings. The standard InChI is InChI=1S/C20H27N3O4S/c1-16-10-8-9-13-19(16)27-15-17(2)21-20(24)14-23(28(25,26)22(3)4)18-11-6-5-7-12-18/h5-13,17H,14-15H2,1-4H3,(H,21,24)/t17-/m0/s1. The molecular weight excluding hydrogens is 378 g/mol. The number of hydrogen-bond donors (Lipinski definition) is 1. The molecule has 1 amide bonds. The van der Waals surface area contributed by atoms with Gasteiger partial charge in [-0.25, -0.2) is 4.31 Å². The van der Waals surface area contributed by atoms with E-state index in [1.807, 2.05) is 38.1 Å². The Balaban J connectivity index is 2.02. The van der Waals surface area contributed by atoms with Crippen LogP contribution in [0.3, 0.4) is 0 Å². The fourth-order valence-electron chi connectivity index (χ4n) is 2.52. The van der Waals surface area contributed by atoms with Crippen molar-refractivity contribution in [3.05, 3.63) is 60.2 Å². The molecule has 0 radical (unpaired) electrons. The van der Waals surface area contributed by atoms with Crippen LogP contribution in [0.1, 0.15) is 12.5 Å². The van der Waals surface area contributed by atoms with Crippen molar-refractivity contribution in [2.75, 3.05) is 31.6 Å². The van der Waals surface area contributed by atoms with E-state index in [-0.39, 0.29) is 19.2 Å². The van der Waals surface area contributed by atoms with Gasteiger partial charge in [0.05, 0.1) is 11.7 Å². The lowest BCUT2D eigenvalue weighted by molar-refractivity contribution is -0.120. The van der Waals surface area contributed by atoms with Crippen LogP contribution in [0, 0.1) is 6.92 Å². The van der Waals surface area contributed by atoms with Crippen LogP contribution in [0.2, 0.25) is 0 Å². The third-order valence-corrected chi connectivity index (χ3v) is 5.88. The van der Waals surface area contributed by atoms with Crippen LogP contribution in [0.5, 0.6) is 5.75 Å². The molecule has 0 spiro atoms. The lowest BCUT2D eigenvalue weighted by atomic mass is 10.2. The van der Waals surface area contributed by atoms with E-state index in [1.54, 1.807) is 30.3 Å². The number of carbonyl (C=O) groups excluding carboxylic acids is 1. The highest BCUT2D eigenvalue weighted by Crippen LogP contribution is 2.19. The Morgan fingerprint density at radius 2 is 1.68 bits per heavy atom. The molecule has 2 rings (SSSR count). The number of rotatable bonds is 9. The third kappa shape index (κ3) is 5.71. The van der Waals surface area contributed by atoms with Crippen LogP contribution >= 0.6 is 0 Å². The van der Waals surface area contributed by atoms with Crippen LogP contribution in [-0.2, 0) is 15.0 Å². The number of anilines is 1. The zero-order chi connectivity index (χ0) is 20.7. The summed E-state index contributed by atoms with van der Waals surface area (Å²) in [7, 11) is -0.944. The maximum atomic E-state index is 12.6. The van der Waals surface area contributed by atoms with Crippen molar-refractivity contribution in [1.29, 1.82) is 0 Å². The van der Waals surface area contributed by atoms with Gasteiger partial charge in [-0.2, -0.15) is 12.7 Å². The van der Waals surface area contributed by atoms with E-state index in [9.17, 15) is 13.2 Å². The zero-order valence-electron chi connectivity index (χ0n) is 16.6. The SMILES string of the molecule is Cc1ccccc1OC[C@H](C)NC(=O)CN(c1ccccc1)S(=O)(=O)N(C)C. The van der Waals surface area contributed by atoms with Gasteiger partial charge < -0.3 is 10.1 Å². The molecule has 8 heteroatoms. The molecule has 0 heterocycles. The van der Waals surface area contributed by atoms with E-state index in [2.05, 4.69) is 5.32 Å². The highest BCUT2D eigenvalue weighted by atomic mass is 32.2. The molecule has 0 bridgehead atoms. The highest BCUT2D eigenvalue weighted by Gasteiger charge is 2.27. The first-order valence-corrected chi connectivity index (χ1v) is 10.3. The number of ether oxygens (including phenoxy) is 1. The normalized spacial score (nSPS) is 12.5. The third-order valence-electron chi connectivity index (χ3n) is 4.06. The first kappa shape index (κ1) is 21.7. The number of nitrogens with one attached hydrogen (secondary N) is 1. The van der Waals surface area contributed by atoms with Crippen molar-refractivity contribution < 1.29 is 17.9 Å². The van der Waals surface area contributed by atoms with Crippen molar-refractivity contribution in [3.63, 3.8) is 0 Å². The number of para-hydroxylation sites is 2. The van der Waals surface area contributed by atoms with E-state index >= 15 is 0 Å². The van der Waals surface area contributed by atoms with Crippen LogP contribution < -0.4 is 14.4 Å². The minimum Gasteiger partial charge on any atom is -0.491 e. The van der Waals surface area contributed by atoms with Crippen LogP contribution in [0.15, 0.2) is 54.6 Å². The summed E-state index contributed by atoms with van der Waals surface area (Å²) in [4.78, 5) is 12.5. The summed E-state index contributed by atoms with van der Waals surface area (Å²) >= 11 is 0. The number of hydrogen-bond acceptors (Lipinski definition) is 4. The molecule has 28 heavy (non-hydrogen) atoms. The van der Waals surface area contributed by atoms with Crippen molar-refractivity contribution in [1.82, 2.24) is 9.62 Å². The van der Waals surface area contributed by atoms with Gasteiger partial charge in [0.1, 0.15) is 18.9 Å². The van der Waals surface area contributed by atoms with Gasteiger partial charge >= 0.3 is 10.2 Å². The minimum atomic E-state index is -3.81. The van der Waals surface area contributed by atoms with E-state index in [1.165, 1.54) is 14.1 Å². The topological polar surface area (TPSA) is 79.0 Å². The molecule has 0 aliphatic heterocycles. The summed E-state index contributed by atoms with van der Waals surface area (Å²) in [5.41, 5.74) is 1.43. The molecule has 0 aliphatic carbocycles. The predicted octanol–water partition coefficient (Wildman–Crippen LogP) is 2.19. The highest BCUT2D eigenvalue weighted by molar-refractivity contribution is 7.90. The fourth-order valence-corrected chi connectivity index (χ4v) is 3.59. The maximum Gasteiger partial charge on any atom is 0.304 e. The van der Waals surface area contributed by atoms with Crippen LogP contribution in [-0.4, -0.2) is 51.9 Å². The monoisotopic (exact) mass is 405 g/mol. The van der Waals surface area contributed by atoms with Gasteiger partial charge in [-0.3, -0.25) is 4.79 Å². The van der Waals surface area contributed by atoms with Crippen LogP contribution in [0.25, 0.3) is 0 Å². The smallest absolute Gasteiger partial charge is 0.304 e. The molecule has 0 aliphatic rings. The van der Waals surface area contributed by atoms with E-state index in [4.69, 9.17) is 4.74 Å². The number of carbonyl (C=O) groups is 1. The van der Waals surface area contributed by atoms with E-state index < -0.39 is 16.1 Å². The Kier molecular flexibility index (Phi) is 7.42. The first-order chi connectivity index (χ1) is 13.2. The summed E-state index contributed by atoms with van der Waals surface area (Å²) in [5, 5.41) is 2.79. The molecule has 1 atom stereocenters. The average Bonchev–Trinajstić information content (AvgIpc) is 2.66. The van der Waals surface area contributed by atoms with Gasteiger partial charge in [-0.05, 0) is 37.6 Å².